The molecule has 1 unspecified atom stereocenters. The van der Waals surface area contributed by atoms with E-state index in [1.807, 2.05) is 0 Å². The van der Waals surface area contributed by atoms with Crippen LogP contribution in [0, 0.1) is 17.0 Å². The van der Waals surface area contributed by atoms with E-state index in [4.69, 9.17) is 5.73 Å². The molecule has 1 atom stereocenters. The highest BCUT2D eigenvalue weighted by atomic mass is 19.2. The molecule has 1 saturated heterocycles. The van der Waals surface area contributed by atoms with E-state index in [-0.39, 0.29) is 11.5 Å². The molecule has 3 rings (SSSR count). The summed E-state index contributed by atoms with van der Waals surface area (Å²) in [7, 11) is 2.10. The maximum atomic E-state index is 13.3. The van der Waals surface area contributed by atoms with Crippen molar-refractivity contribution in [3.05, 3.63) is 34.9 Å². The Labute approximate surface area is 106 Å². The normalized spacial score (nSPS) is 26.6. The van der Waals surface area contributed by atoms with Gasteiger partial charge < -0.3 is 10.6 Å². The molecule has 1 aliphatic heterocycles. The average molecular weight is 252 g/mol. The quantitative estimate of drug-likeness (QED) is 0.767. The molecule has 98 valence electrons. The first kappa shape index (κ1) is 12.1. The Morgan fingerprint density at radius 3 is 2.50 bits per heavy atom. The first-order chi connectivity index (χ1) is 8.52. The number of nitrogens with zero attached hydrogens (tertiary/aromatic N) is 1. The largest absolute Gasteiger partial charge is 0.323 e. The fourth-order valence-corrected chi connectivity index (χ4v) is 3.42. The van der Waals surface area contributed by atoms with Crippen molar-refractivity contribution >= 4 is 0 Å². The molecule has 18 heavy (non-hydrogen) atoms. The molecular formula is C14H18F2N2. The summed E-state index contributed by atoms with van der Waals surface area (Å²) in [6.45, 7) is 2.01. The van der Waals surface area contributed by atoms with Gasteiger partial charge in [-0.3, -0.25) is 0 Å². The number of hydrogen-bond donors (Lipinski definition) is 1. The number of nitrogens with two attached hydrogens (primary N) is 1. The van der Waals surface area contributed by atoms with Crippen molar-refractivity contribution in [3.8, 4) is 0 Å². The van der Waals surface area contributed by atoms with Gasteiger partial charge in [0.2, 0.25) is 0 Å². The van der Waals surface area contributed by atoms with Crippen LogP contribution in [0.15, 0.2) is 12.1 Å². The highest BCUT2D eigenvalue weighted by Gasteiger charge is 2.45. The van der Waals surface area contributed by atoms with E-state index in [1.165, 1.54) is 12.1 Å². The Balaban J connectivity index is 1.96. The van der Waals surface area contributed by atoms with E-state index >= 15 is 0 Å². The molecule has 1 fully saturated rings. The standard InChI is InChI=1S/C14H18F2N2/c1-18-4-2-14(3-5-18)8-9-6-11(15)12(16)7-10(9)13(14)17/h6-7,13H,2-5,8,17H2,1H3. The molecule has 1 spiro atoms. The lowest BCUT2D eigenvalue weighted by molar-refractivity contribution is 0.106. The van der Waals surface area contributed by atoms with Crippen LogP contribution in [0.5, 0.6) is 0 Å². The molecule has 1 aliphatic carbocycles. The summed E-state index contributed by atoms with van der Waals surface area (Å²) in [6.07, 6.45) is 2.79. The summed E-state index contributed by atoms with van der Waals surface area (Å²) in [5, 5.41) is 0. The molecule has 2 N–H and O–H groups in total. The zero-order chi connectivity index (χ0) is 12.9. The van der Waals surface area contributed by atoms with Gasteiger partial charge in [-0.15, -0.1) is 0 Å². The molecule has 0 radical (unpaired) electrons. The maximum Gasteiger partial charge on any atom is 0.159 e. The van der Waals surface area contributed by atoms with E-state index in [1.54, 1.807) is 0 Å². The molecule has 1 aromatic rings. The molecule has 2 aliphatic rings. The SMILES string of the molecule is CN1CCC2(CC1)Cc1cc(F)c(F)cc1C2N. The minimum atomic E-state index is -0.783. The minimum absolute atomic E-state index is 0.00900. The molecular weight excluding hydrogens is 234 g/mol. The lowest BCUT2D eigenvalue weighted by atomic mass is 9.73. The number of rotatable bonds is 0. The zero-order valence-electron chi connectivity index (χ0n) is 10.5. The van der Waals surface area contributed by atoms with Crippen molar-refractivity contribution < 1.29 is 8.78 Å². The third-order valence-electron chi connectivity index (χ3n) is 4.70. The van der Waals surface area contributed by atoms with Crippen LogP contribution in [-0.2, 0) is 6.42 Å². The van der Waals surface area contributed by atoms with Crippen LogP contribution in [0.4, 0.5) is 8.78 Å². The Kier molecular flexibility index (Phi) is 2.68. The van der Waals surface area contributed by atoms with E-state index in [9.17, 15) is 8.78 Å². The second-order valence-electron chi connectivity index (χ2n) is 5.79. The Bertz CT molecular complexity index is 479. The second kappa shape index (κ2) is 4.00. The van der Waals surface area contributed by atoms with Crippen molar-refractivity contribution in [2.24, 2.45) is 11.1 Å². The predicted octanol–water partition coefficient (Wildman–Crippen LogP) is 2.23. The van der Waals surface area contributed by atoms with Crippen LogP contribution in [0.3, 0.4) is 0 Å². The number of benzene rings is 1. The third kappa shape index (κ3) is 1.67. The van der Waals surface area contributed by atoms with Gasteiger partial charge in [-0.2, -0.15) is 0 Å². The van der Waals surface area contributed by atoms with E-state index in [0.717, 1.165) is 43.5 Å². The van der Waals surface area contributed by atoms with Gasteiger partial charge in [-0.05, 0) is 68.1 Å². The summed E-state index contributed by atoms with van der Waals surface area (Å²) < 4.78 is 26.6. The van der Waals surface area contributed by atoms with Gasteiger partial charge in [0.15, 0.2) is 11.6 Å². The number of likely N-dealkylation sites (tertiary alicyclic amines) is 1. The predicted molar refractivity (Wildman–Crippen MR) is 66.2 cm³/mol. The molecule has 0 saturated carbocycles. The summed E-state index contributed by atoms with van der Waals surface area (Å²) in [4.78, 5) is 2.28. The van der Waals surface area contributed by atoms with Crippen molar-refractivity contribution in [2.75, 3.05) is 20.1 Å². The van der Waals surface area contributed by atoms with Crippen molar-refractivity contribution in [1.29, 1.82) is 0 Å². The summed E-state index contributed by atoms with van der Waals surface area (Å²) in [5.74, 6) is -1.54. The number of halogens is 2. The summed E-state index contributed by atoms with van der Waals surface area (Å²) >= 11 is 0. The fourth-order valence-electron chi connectivity index (χ4n) is 3.42. The number of hydrogen-bond acceptors (Lipinski definition) is 2. The highest BCUT2D eigenvalue weighted by Crippen LogP contribution is 2.50. The smallest absolute Gasteiger partial charge is 0.159 e. The van der Waals surface area contributed by atoms with Gasteiger partial charge >= 0.3 is 0 Å². The van der Waals surface area contributed by atoms with Gasteiger partial charge in [-0.1, -0.05) is 0 Å². The molecule has 0 aromatic heterocycles. The van der Waals surface area contributed by atoms with Crippen LogP contribution >= 0.6 is 0 Å². The molecule has 0 amide bonds. The van der Waals surface area contributed by atoms with Crippen LogP contribution in [0.1, 0.15) is 30.0 Å². The van der Waals surface area contributed by atoms with Gasteiger partial charge in [0, 0.05) is 6.04 Å². The lowest BCUT2D eigenvalue weighted by Crippen LogP contribution is -2.42. The second-order valence-corrected chi connectivity index (χ2v) is 5.79. The minimum Gasteiger partial charge on any atom is -0.323 e. The molecule has 0 bridgehead atoms. The zero-order valence-corrected chi connectivity index (χ0v) is 10.5. The number of fused-ring (bicyclic) bond motifs is 1. The van der Waals surface area contributed by atoms with Crippen LogP contribution in [0.2, 0.25) is 0 Å². The molecule has 1 heterocycles. The number of piperidine rings is 1. The van der Waals surface area contributed by atoms with Crippen LogP contribution in [-0.4, -0.2) is 25.0 Å². The summed E-state index contributed by atoms with van der Waals surface area (Å²) in [5.41, 5.74) is 8.02. The molecule has 1 aromatic carbocycles. The molecule has 4 heteroatoms. The van der Waals surface area contributed by atoms with Gasteiger partial charge in [0.1, 0.15) is 0 Å². The van der Waals surface area contributed by atoms with Gasteiger partial charge in [0.05, 0.1) is 0 Å². The van der Waals surface area contributed by atoms with E-state index in [0.29, 0.717) is 0 Å². The Morgan fingerprint density at radius 2 is 1.83 bits per heavy atom. The van der Waals surface area contributed by atoms with E-state index < -0.39 is 11.6 Å². The third-order valence-corrected chi connectivity index (χ3v) is 4.70. The van der Waals surface area contributed by atoms with Crippen LogP contribution in [0.25, 0.3) is 0 Å². The first-order valence-corrected chi connectivity index (χ1v) is 6.44. The van der Waals surface area contributed by atoms with E-state index in [2.05, 4.69) is 11.9 Å². The Morgan fingerprint density at radius 1 is 1.22 bits per heavy atom. The monoisotopic (exact) mass is 252 g/mol. The summed E-state index contributed by atoms with van der Waals surface area (Å²) in [6, 6.07) is 2.47. The average Bonchev–Trinajstić information content (AvgIpc) is 2.59. The molecule has 2 nitrogen and oxygen atoms in total. The fraction of sp³-hybridized carbons (Fsp3) is 0.571. The van der Waals surface area contributed by atoms with Crippen molar-refractivity contribution in [3.63, 3.8) is 0 Å². The maximum absolute atomic E-state index is 13.3. The first-order valence-electron chi connectivity index (χ1n) is 6.44. The lowest BCUT2D eigenvalue weighted by Gasteiger charge is -2.41. The topological polar surface area (TPSA) is 29.3 Å². The van der Waals surface area contributed by atoms with Crippen molar-refractivity contribution in [2.45, 2.75) is 25.3 Å². The highest BCUT2D eigenvalue weighted by molar-refractivity contribution is 5.39. The van der Waals surface area contributed by atoms with Crippen molar-refractivity contribution in [1.82, 2.24) is 4.90 Å². The van der Waals surface area contributed by atoms with Gasteiger partial charge in [0.25, 0.3) is 0 Å². The van der Waals surface area contributed by atoms with Crippen LogP contribution < -0.4 is 5.73 Å². The Hall–Kier alpha value is -1.00. The van der Waals surface area contributed by atoms with Gasteiger partial charge in [-0.25, -0.2) is 8.78 Å².